The molecule has 0 unspecified atom stereocenters. The fourth-order valence-corrected chi connectivity index (χ4v) is 4.09. The van der Waals surface area contributed by atoms with Crippen LogP contribution in [-0.2, 0) is 4.79 Å². The Morgan fingerprint density at radius 2 is 1.90 bits per heavy atom. The van der Waals surface area contributed by atoms with Gasteiger partial charge in [0.25, 0.3) is 0 Å². The highest BCUT2D eigenvalue weighted by Crippen LogP contribution is 2.45. The van der Waals surface area contributed by atoms with Crippen molar-refractivity contribution in [2.75, 3.05) is 0 Å². The zero-order chi connectivity index (χ0) is 22.0. The molecule has 0 radical (unpaired) electrons. The van der Waals surface area contributed by atoms with Crippen molar-refractivity contribution >= 4 is 22.9 Å². The van der Waals surface area contributed by atoms with Crippen molar-refractivity contribution in [3.63, 3.8) is 0 Å². The average molecular weight is 419 g/mol. The van der Waals surface area contributed by atoms with E-state index >= 15 is 0 Å². The quantitative estimate of drug-likeness (QED) is 0.485. The first-order valence-electron chi connectivity index (χ1n) is 10.7. The third-order valence-corrected chi connectivity index (χ3v) is 5.71. The molecule has 1 aromatic heterocycles. The number of carboxylic acid groups (broad SMARTS) is 1. The Morgan fingerprint density at radius 3 is 2.58 bits per heavy atom. The summed E-state index contributed by atoms with van der Waals surface area (Å²) in [7, 11) is 0. The highest BCUT2D eigenvalue weighted by Gasteiger charge is 2.29. The number of halogens is 1. The molecular weight excluding hydrogens is 393 g/mol. The standard InChI is InChI=1S/C26H26FNO3/c1-16(15-24(30)31)14-20(29)12-13-22-25(17-8-10-19(27)11-9-17)21-4-2-3-5-23(21)28-26(22)18-6-7-18/h2-5,8-13,16,18,20,29H,6-7,14-15H2,1H3,(H,30,31)/b13-12+/t16-,20-/m1/s1. The van der Waals surface area contributed by atoms with E-state index in [2.05, 4.69) is 0 Å². The lowest BCUT2D eigenvalue weighted by Gasteiger charge is -2.16. The molecule has 0 aliphatic heterocycles. The van der Waals surface area contributed by atoms with Gasteiger partial charge in [-0.25, -0.2) is 4.39 Å². The fraction of sp³-hybridized carbons (Fsp3) is 0.308. The maximum atomic E-state index is 13.6. The van der Waals surface area contributed by atoms with Crippen LogP contribution < -0.4 is 0 Å². The topological polar surface area (TPSA) is 70.4 Å². The summed E-state index contributed by atoms with van der Waals surface area (Å²) >= 11 is 0. The summed E-state index contributed by atoms with van der Waals surface area (Å²) in [5.41, 5.74) is 4.72. The van der Waals surface area contributed by atoms with Gasteiger partial charge < -0.3 is 10.2 Å². The number of aromatic nitrogens is 1. The van der Waals surface area contributed by atoms with Gasteiger partial charge in [-0.1, -0.05) is 49.4 Å². The second kappa shape index (κ2) is 8.98. The van der Waals surface area contributed by atoms with Crippen LogP contribution in [0.2, 0.25) is 0 Å². The van der Waals surface area contributed by atoms with Crippen molar-refractivity contribution in [2.24, 2.45) is 5.92 Å². The molecule has 31 heavy (non-hydrogen) atoms. The second-order valence-corrected chi connectivity index (χ2v) is 8.45. The summed E-state index contributed by atoms with van der Waals surface area (Å²) < 4.78 is 13.6. The number of aliphatic hydroxyl groups is 1. The van der Waals surface area contributed by atoms with Crippen LogP contribution in [0.3, 0.4) is 0 Å². The second-order valence-electron chi connectivity index (χ2n) is 8.45. The number of nitrogens with zero attached hydrogens (tertiary/aromatic N) is 1. The summed E-state index contributed by atoms with van der Waals surface area (Å²) in [6.45, 7) is 1.82. The minimum atomic E-state index is -0.864. The van der Waals surface area contributed by atoms with E-state index in [1.807, 2.05) is 37.3 Å². The first-order chi connectivity index (χ1) is 14.9. The number of carbonyl (C=O) groups is 1. The third-order valence-electron chi connectivity index (χ3n) is 5.71. The first kappa shape index (κ1) is 21.2. The molecule has 160 valence electrons. The lowest BCUT2D eigenvalue weighted by atomic mass is 9.91. The van der Waals surface area contributed by atoms with Crippen molar-refractivity contribution in [1.82, 2.24) is 4.98 Å². The van der Waals surface area contributed by atoms with Crippen LogP contribution in [0.25, 0.3) is 28.1 Å². The molecular formula is C26H26FNO3. The van der Waals surface area contributed by atoms with E-state index in [0.717, 1.165) is 46.1 Å². The zero-order valence-electron chi connectivity index (χ0n) is 17.5. The number of pyridine rings is 1. The monoisotopic (exact) mass is 419 g/mol. The average Bonchev–Trinajstić information content (AvgIpc) is 3.56. The van der Waals surface area contributed by atoms with Crippen LogP contribution in [0.15, 0.2) is 54.6 Å². The Labute approximate surface area is 181 Å². The molecule has 0 bridgehead atoms. The Balaban J connectivity index is 1.79. The van der Waals surface area contributed by atoms with E-state index in [1.54, 1.807) is 18.2 Å². The molecule has 2 atom stereocenters. The van der Waals surface area contributed by atoms with E-state index < -0.39 is 12.1 Å². The number of carboxylic acids is 1. The van der Waals surface area contributed by atoms with Crippen LogP contribution >= 0.6 is 0 Å². The Kier molecular flexibility index (Phi) is 6.14. The van der Waals surface area contributed by atoms with Crippen molar-refractivity contribution in [2.45, 2.75) is 44.6 Å². The lowest BCUT2D eigenvalue weighted by Crippen LogP contribution is -2.12. The smallest absolute Gasteiger partial charge is 0.303 e. The highest BCUT2D eigenvalue weighted by molar-refractivity contribution is 5.99. The maximum Gasteiger partial charge on any atom is 0.303 e. The van der Waals surface area contributed by atoms with E-state index in [0.29, 0.717) is 12.3 Å². The van der Waals surface area contributed by atoms with Gasteiger partial charge in [-0.3, -0.25) is 9.78 Å². The molecule has 2 N–H and O–H groups in total. The molecule has 3 aromatic rings. The maximum absolute atomic E-state index is 13.6. The van der Waals surface area contributed by atoms with Gasteiger partial charge in [-0.05, 0) is 48.9 Å². The van der Waals surface area contributed by atoms with Crippen LogP contribution in [0.1, 0.15) is 49.8 Å². The van der Waals surface area contributed by atoms with Crippen molar-refractivity contribution < 1.29 is 19.4 Å². The molecule has 1 saturated carbocycles. The Hall–Kier alpha value is -3.05. The van der Waals surface area contributed by atoms with Crippen molar-refractivity contribution in [3.8, 4) is 11.1 Å². The molecule has 1 heterocycles. The van der Waals surface area contributed by atoms with E-state index in [9.17, 15) is 14.3 Å². The molecule has 0 saturated heterocycles. The van der Waals surface area contributed by atoms with E-state index in [-0.39, 0.29) is 18.2 Å². The number of aliphatic carboxylic acids is 1. The molecule has 4 nitrogen and oxygen atoms in total. The SMILES string of the molecule is C[C@@H](CC(=O)O)C[C@H](O)/C=C/c1c(C2CC2)nc2ccccc2c1-c1ccc(F)cc1. The molecule has 1 aliphatic carbocycles. The summed E-state index contributed by atoms with van der Waals surface area (Å²) in [6.07, 6.45) is 5.42. The summed E-state index contributed by atoms with van der Waals surface area (Å²) in [6, 6.07) is 14.4. The molecule has 0 spiro atoms. The number of aliphatic hydroxyl groups excluding tert-OH is 1. The largest absolute Gasteiger partial charge is 0.481 e. The van der Waals surface area contributed by atoms with Gasteiger partial charge >= 0.3 is 5.97 Å². The van der Waals surface area contributed by atoms with Gasteiger partial charge in [0.1, 0.15) is 5.82 Å². The number of fused-ring (bicyclic) bond motifs is 1. The van der Waals surface area contributed by atoms with Crippen LogP contribution in [0, 0.1) is 11.7 Å². The molecule has 0 amide bonds. The van der Waals surface area contributed by atoms with Gasteiger partial charge in [0, 0.05) is 28.9 Å². The summed E-state index contributed by atoms with van der Waals surface area (Å²) in [4.78, 5) is 15.8. The van der Waals surface area contributed by atoms with E-state index in [1.165, 1.54) is 12.1 Å². The first-order valence-corrected chi connectivity index (χ1v) is 10.7. The molecule has 2 aromatic carbocycles. The molecule has 1 aliphatic rings. The predicted molar refractivity (Wildman–Crippen MR) is 120 cm³/mol. The van der Waals surface area contributed by atoms with Crippen molar-refractivity contribution in [1.29, 1.82) is 0 Å². The van der Waals surface area contributed by atoms with Crippen LogP contribution in [0.5, 0.6) is 0 Å². The van der Waals surface area contributed by atoms with Crippen LogP contribution in [-0.4, -0.2) is 27.3 Å². The van der Waals surface area contributed by atoms with Gasteiger partial charge in [0.2, 0.25) is 0 Å². The van der Waals surface area contributed by atoms with Gasteiger partial charge in [-0.2, -0.15) is 0 Å². The predicted octanol–water partition coefficient (Wildman–Crippen LogP) is 5.79. The summed E-state index contributed by atoms with van der Waals surface area (Å²) in [5.74, 6) is -0.903. The Morgan fingerprint density at radius 1 is 1.19 bits per heavy atom. The normalized spacial score (nSPS) is 16.0. The minimum absolute atomic E-state index is 0.0244. The molecule has 1 fully saturated rings. The number of hydrogen-bond donors (Lipinski definition) is 2. The zero-order valence-corrected chi connectivity index (χ0v) is 17.5. The number of benzene rings is 2. The van der Waals surface area contributed by atoms with Gasteiger partial charge in [0.15, 0.2) is 0 Å². The van der Waals surface area contributed by atoms with Crippen LogP contribution in [0.4, 0.5) is 4.39 Å². The Bertz CT molecular complexity index is 1120. The lowest BCUT2D eigenvalue weighted by molar-refractivity contribution is -0.138. The molecule has 5 heteroatoms. The third kappa shape index (κ3) is 5.00. The highest BCUT2D eigenvalue weighted by atomic mass is 19.1. The van der Waals surface area contributed by atoms with E-state index in [4.69, 9.17) is 10.1 Å². The summed E-state index contributed by atoms with van der Waals surface area (Å²) in [5, 5.41) is 20.4. The molecule has 4 rings (SSSR count). The van der Waals surface area contributed by atoms with Crippen molar-refractivity contribution in [3.05, 3.63) is 71.7 Å². The number of para-hydroxylation sites is 1. The fourth-order valence-electron chi connectivity index (χ4n) is 4.09. The van der Waals surface area contributed by atoms with Gasteiger partial charge in [-0.15, -0.1) is 0 Å². The minimum Gasteiger partial charge on any atom is -0.481 e. The number of hydrogen-bond acceptors (Lipinski definition) is 3. The number of rotatable bonds is 8. The van der Waals surface area contributed by atoms with Gasteiger partial charge in [0.05, 0.1) is 17.3 Å².